The third kappa shape index (κ3) is 1.95. The number of hydrogen-bond donors (Lipinski definition) is 2. The number of rotatable bonds is 3. The van der Waals surface area contributed by atoms with Crippen molar-refractivity contribution in [3.05, 3.63) is 11.7 Å². The van der Waals surface area contributed by atoms with Gasteiger partial charge in [0, 0.05) is 6.61 Å². The predicted octanol–water partition coefficient (Wildman–Crippen LogP) is 0.476. The maximum absolute atomic E-state index is 9.33. The minimum atomic E-state index is -0.717. The van der Waals surface area contributed by atoms with Crippen LogP contribution in [-0.2, 0) is 10.3 Å². The van der Waals surface area contributed by atoms with Gasteiger partial charge < -0.3 is 20.1 Å². The second-order valence-corrected chi connectivity index (χ2v) is 4.41. The standard InChI is InChI=1S/C10H17N3O3/c1-6(14)7(11)8-12-9(13-16-8)10(2)4-3-5-15-10/h6-7,14H,3-5,11H2,1-2H3/t6-,7+,10?/m1/s1. The zero-order valence-corrected chi connectivity index (χ0v) is 9.51. The zero-order valence-electron chi connectivity index (χ0n) is 9.51. The number of aromatic nitrogens is 2. The molecule has 1 aliphatic heterocycles. The van der Waals surface area contributed by atoms with Crippen LogP contribution in [0.4, 0.5) is 0 Å². The maximum atomic E-state index is 9.33. The normalized spacial score (nSPS) is 29.2. The van der Waals surface area contributed by atoms with Crippen molar-refractivity contribution in [2.75, 3.05) is 6.61 Å². The number of ether oxygens (including phenoxy) is 1. The van der Waals surface area contributed by atoms with Crippen LogP contribution in [0.15, 0.2) is 4.52 Å². The van der Waals surface area contributed by atoms with Gasteiger partial charge in [0.05, 0.1) is 6.10 Å². The van der Waals surface area contributed by atoms with Crippen LogP contribution in [-0.4, -0.2) is 28.0 Å². The molecule has 2 heterocycles. The van der Waals surface area contributed by atoms with Crippen LogP contribution in [0.1, 0.15) is 44.4 Å². The SMILES string of the molecule is C[C@@H](O)[C@H](N)c1nc(C2(C)CCCO2)no1. The second kappa shape index (κ2) is 4.12. The Morgan fingerprint density at radius 1 is 1.56 bits per heavy atom. The van der Waals surface area contributed by atoms with Gasteiger partial charge in [0.2, 0.25) is 11.7 Å². The predicted molar refractivity (Wildman–Crippen MR) is 55.4 cm³/mol. The molecule has 0 spiro atoms. The molecule has 1 aromatic rings. The molecule has 0 aliphatic carbocycles. The fourth-order valence-electron chi connectivity index (χ4n) is 1.75. The van der Waals surface area contributed by atoms with Crippen molar-refractivity contribution in [1.29, 1.82) is 0 Å². The average Bonchev–Trinajstić information content (AvgIpc) is 2.85. The minimum absolute atomic E-state index is 0.252. The number of nitrogens with zero attached hydrogens (tertiary/aromatic N) is 2. The highest BCUT2D eigenvalue weighted by Crippen LogP contribution is 2.34. The van der Waals surface area contributed by atoms with E-state index in [0.717, 1.165) is 12.8 Å². The molecule has 0 saturated carbocycles. The van der Waals surface area contributed by atoms with E-state index in [2.05, 4.69) is 10.1 Å². The van der Waals surface area contributed by atoms with Crippen LogP contribution in [0.5, 0.6) is 0 Å². The van der Waals surface area contributed by atoms with E-state index in [0.29, 0.717) is 12.4 Å². The van der Waals surface area contributed by atoms with Crippen LogP contribution in [0.3, 0.4) is 0 Å². The van der Waals surface area contributed by atoms with Gasteiger partial charge in [-0.3, -0.25) is 0 Å². The fraction of sp³-hybridized carbons (Fsp3) is 0.800. The highest BCUT2D eigenvalue weighted by Gasteiger charge is 2.37. The summed E-state index contributed by atoms with van der Waals surface area (Å²) in [4.78, 5) is 4.20. The number of aliphatic hydroxyl groups is 1. The van der Waals surface area contributed by atoms with Crippen LogP contribution in [0, 0.1) is 0 Å². The lowest BCUT2D eigenvalue weighted by molar-refractivity contribution is 0.00768. The molecule has 0 amide bonds. The molecule has 2 rings (SSSR count). The molecule has 1 aliphatic rings. The van der Waals surface area contributed by atoms with E-state index in [1.165, 1.54) is 0 Å². The van der Waals surface area contributed by atoms with Crippen molar-refractivity contribution < 1.29 is 14.4 Å². The van der Waals surface area contributed by atoms with Gasteiger partial charge in [0.25, 0.3) is 0 Å². The number of hydrogen-bond acceptors (Lipinski definition) is 6. The summed E-state index contributed by atoms with van der Waals surface area (Å²) < 4.78 is 10.6. The average molecular weight is 227 g/mol. The quantitative estimate of drug-likeness (QED) is 0.779. The van der Waals surface area contributed by atoms with Crippen LogP contribution >= 0.6 is 0 Å². The van der Waals surface area contributed by atoms with E-state index in [9.17, 15) is 5.11 Å². The molecule has 3 atom stereocenters. The summed E-state index contributed by atoms with van der Waals surface area (Å²) in [6.45, 7) is 4.23. The lowest BCUT2D eigenvalue weighted by Gasteiger charge is -2.17. The Morgan fingerprint density at radius 3 is 2.88 bits per heavy atom. The van der Waals surface area contributed by atoms with Gasteiger partial charge in [-0.15, -0.1) is 0 Å². The summed E-state index contributed by atoms with van der Waals surface area (Å²) in [5.74, 6) is 0.762. The molecule has 0 bridgehead atoms. The molecule has 16 heavy (non-hydrogen) atoms. The first-order valence-electron chi connectivity index (χ1n) is 5.44. The molecule has 3 N–H and O–H groups in total. The highest BCUT2D eigenvalue weighted by molar-refractivity contribution is 5.03. The smallest absolute Gasteiger partial charge is 0.246 e. The van der Waals surface area contributed by atoms with E-state index < -0.39 is 17.7 Å². The van der Waals surface area contributed by atoms with Crippen LogP contribution < -0.4 is 5.73 Å². The van der Waals surface area contributed by atoms with Gasteiger partial charge in [0.15, 0.2) is 0 Å². The molecule has 1 saturated heterocycles. The lowest BCUT2D eigenvalue weighted by atomic mass is 10.0. The van der Waals surface area contributed by atoms with E-state index >= 15 is 0 Å². The van der Waals surface area contributed by atoms with Crippen molar-refractivity contribution in [3.8, 4) is 0 Å². The Kier molecular flexibility index (Phi) is 2.96. The second-order valence-electron chi connectivity index (χ2n) is 4.41. The topological polar surface area (TPSA) is 94.4 Å². The van der Waals surface area contributed by atoms with Crippen molar-refractivity contribution in [2.45, 2.75) is 44.4 Å². The molecule has 1 aromatic heterocycles. The Labute approximate surface area is 93.8 Å². The first-order valence-corrected chi connectivity index (χ1v) is 5.44. The van der Waals surface area contributed by atoms with E-state index in [-0.39, 0.29) is 5.89 Å². The van der Waals surface area contributed by atoms with Crippen LogP contribution in [0.2, 0.25) is 0 Å². The molecule has 1 fully saturated rings. The van der Waals surface area contributed by atoms with Gasteiger partial charge in [-0.05, 0) is 26.7 Å². The first kappa shape index (κ1) is 11.5. The van der Waals surface area contributed by atoms with Crippen molar-refractivity contribution in [2.24, 2.45) is 5.73 Å². The van der Waals surface area contributed by atoms with Gasteiger partial charge in [-0.25, -0.2) is 0 Å². The summed E-state index contributed by atoms with van der Waals surface area (Å²) in [5, 5.41) is 13.2. The van der Waals surface area contributed by atoms with E-state index in [1.807, 2.05) is 6.92 Å². The molecule has 6 heteroatoms. The highest BCUT2D eigenvalue weighted by atomic mass is 16.5. The summed E-state index contributed by atoms with van der Waals surface area (Å²) in [6.07, 6.45) is 1.14. The molecular formula is C10H17N3O3. The molecule has 6 nitrogen and oxygen atoms in total. The van der Waals surface area contributed by atoms with Crippen molar-refractivity contribution >= 4 is 0 Å². The van der Waals surface area contributed by atoms with Gasteiger partial charge >= 0.3 is 0 Å². The van der Waals surface area contributed by atoms with Gasteiger partial charge in [-0.1, -0.05) is 5.16 Å². The Balaban J connectivity index is 2.19. The maximum Gasteiger partial charge on any atom is 0.246 e. The monoisotopic (exact) mass is 227 g/mol. The number of nitrogens with two attached hydrogens (primary N) is 1. The Bertz CT molecular complexity index is 358. The minimum Gasteiger partial charge on any atom is -0.391 e. The molecule has 1 unspecified atom stereocenters. The fourth-order valence-corrected chi connectivity index (χ4v) is 1.75. The third-order valence-electron chi connectivity index (χ3n) is 2.94. The summed E-state index contributed by atoms with van der Waals surface area (Å²) in [5.41, 5.74) is 5.23. The Morgan fingerprint density at radius 2 is 2.31 bits per heavy atom. The third-order valence-corrected chi connectivity index (χ3v) is 2.94. The summed E-state index contributed by atoms with van der Waals surface area (Å²) >= 11 is 0. The largest absolute Gasteiger partial charge is 0.391 e. The molecule has 0 radical (unpaired) electrons. The van der Waals surface area contributed by atoms with E-state index in [4.69, 9.17) is 15.0 Å². The van der Waals surface area contributed by atoms with E-state index in [1.54, 1.807) is 6.92 Å². The van der Waals surface area contributed by atoms with Gasteiger partial charge in [0.1, 0.15) is 11.6 Å². The Hall–Kier alpha value is -0.980. The van der Waals surface area contributed by atoms with Gasteiger partial charge in [-0.2, -0.15) is 4.98 Å². The summed E-state index contributed by atoms with van der Waals surface area (Å²) in [7, 11) is 0. The summed E-state index contributed by atoms with van der Waals surface area (Å²) in [6, 6.07) is -0.647. The molecule has 0 aromatic carbocycles. The zero-order chi connectivity index (χ0) is 11.8. The van der Waals surface area contributed by atoms with Crippen molar-refractivity contribution in [3.63, 3.8) is 0 Å². The first-order chi connectivity index (χ1) is 7.53. The molecular weight excluding hydrogens is 210 g/mol. The van der Waals surface area contributed by atoms with Crippen LogP contribution in [0.25, 0.3) is 0 Å². The van der Waals surface area contributed by atoms with Crippen molar-refractivity contribution in [1.82, 2.24) is 10.1 Å². The lowest BCUT2D eigenvalue weighted by Crippen LogP contribution is -2.25. The number of aliphatic hydroxyl groups excluding tert-OH is 1. The molecule has 90 valence electrons.